The van der Waals surface area contributed by atoms with Crippen molar-refractivity contribution in [3.05, 3.63) is 149 Å². The number of sulfonamides is 1. The average Bonchev–Trinajstić information content (AvgIpc) is 3.15. The topological polar surface area (TPSA) is 140 Å². The standard InChI is InChI=1S/C39H40N4O6S2/c1-26-12-18-33(19-13-26)51(46,47)43-34(22-28-8-4-3-5-9-28)37(45)42-32-11-6-10-31(23-32)38-48-35(25-50-39-40-20-7-21-41-39)27(2)36(49-38)30-16-14-29(24-44)15-17-30/h3-21,23,27,34-36,38,43-44H,22,24-25H2,1-2H3,(H,42,45)/t27-,34-,35+,36+,38+/m1/s1. The van der Waals surface area contributed by atoms with Crippen molar-refractivity contribution in [2.75, 3.05) is 11.1 Å². The second-order valence-electron chi connectivity index (χ2n) is 12.5. The zero-order chi connectivity index (χ0) is 35.8. The van der Waals surface area contributed by atoms with E-state index in [4.69, 9.17) is 9.47 Å². The molecule has 6 rings (SSSR count). The Morgan fingerprint density at radius 2 is 1.59 bits per heavy atom. The number of hydrogen-bond donors (Lipinski definition) is 3. The molecule has 10 nitrogen and oxygen atoms in total. The highest BCUT2D eigenvalue weighted by atomic mass is 32.2. The number of nitrogens with zero attached hydrogens (tertiary/aromatic N) is 2. The molecule has 5 atom stereocenters. The van der Waals surface area contributed by atoms with E-state index in [0.29, 0.717) is 22.2 Å². The summed E-state index contributed by atoms with van der Waals surface area (Å²) in [6.07, 6.45) is 2.20. The minimum Gasteiger partial charge on any atom is -0.392 e. The van der Waals surface area contributed by atoms with Gasteiger partial charge in [0.1, 0.15) is 6.04 Å². The molecule has 0 saturated carbocycles. The highest BCUT2D eigenvalue weighted by Crippen LogP contribution is 2.43. The van der Waals surface area contributed by atoms with Crippen LogP contribution in [-0.2, 0) is 37.3 Å². The first kappa shape index (κ1) is 36.4. The van der Waals surface area contributed by atoms with E-state index in [1.807, 2.05) is 67.6 Å². The third kappa shape index (κ3) is 9.47. The molecular weight excluding hydrogens is 685 g/mol. The van der Waals surface area contributed by atoms with Crippen LogP contribution in [0.3, 0.4) is 0 Å². The molecule has 0 unspecified atom stereocenters. The number of carbonyl (C=O) groups excluding carboxylic acids is 1. The number of aryl methyl sites for hydroxylation is 1. The highest BCUT2D eigenvalue weighted by molar-refractivity contribution is 7.99. The number of rotatable bonds is 13. The fourth-order valence-electron chi connectivity index (χ4n) is 5.83. The van der Waals surface area contributed by atoms with Gasteiger partial charge in [-0.15, -0.1) is 0 Å². The number of amides is 1. The smallest absolute Gasteiger partial charge is 0.242 e. The number of nitrogens with one attached hydrogen (secondary N) is 2. The number of ether oxygens (including phenoxy) is 2. The van der Waals surface area contributed by atoms with E-state index in [2.05, 4.69) is 26.9 Å². The summed E-state index contributed by atoms with van der Waals surface area (Å²) in [5, 5.41) is 13.2. The summed E-state index contributed by atoms with van der Waals surface area (Å²) in [5.74, 6) is 0.0278. The molecule has 5 aromatic rings. The second-order valence-corrected chi connectivity index (χ2v) is 15.2. The Labute approximate surface area is 302 Å². The summed E-state index contributed by atoms with van der Waals surface area (Å²) in [6.45, 7) is 3.91. The van der Waals surface area contributed by atoms with Crippen LogP contribution >= 0.6 is 11.8 Å². The van der Waals surface area contributed by atoms with E-state index in [-0.39, 0.29) is 36.0 Å². The van der Waals surface area contributed by atoms with E-state index < -0.39 is 28.3 Å². The van der Waals surface area contributed by atoms with Gasteiger partial charge in [-0.3, -0.25) is 4.79 Å². The maximum atomic E-state index is 13.8. The van der Waals surface area contributed by atoms with Crippen LogP contribution < -0.4 is 10.0 Å². The monoisotopic (exact) mass is 724 g/mol. The number of hydrogen-bond acceptors (Lipinski definition) is 9. The molecule has 1 aromatic heterocycles. The van der Waals surface area contributed by atoms with Gasteiger partial charge < -0.3 is 19.9 Å². The van der Waals surface area contributed by atoms with Crippen molar-refractivity contribution in [3.63, 3.8) is 0 Å². The lowest BCUT2D eigenvalue weighted by Gasteiger charge is -2.41. The van der Waals surface area contributed by atoms with Gasteiger partial charge in [-0.05, 0) is 60.4 Å². The molecular formula is C39H40N4O6S2. The fraction of sp³-hybridized carbons (Fsp3) is 0.256. The second kappa shape index (κ2) is 16.7. The number of aliphatic hydroxyl groups excluding tert-OH is 1. The molecule has 1 amide bonds. The number of aromatic nitrogens is 2. The number of anilines is 1. The van der Waals surface area contributed by atoms with Crippen LogP contribution in [0.1, 0.15) is 47.1 Å². The first-order valence-corrected chi connectivity index (χ1v) is 19.1. The lowest BCUT2D eigenvalue weighted by atomic mass is 9.91. The summed E-state index contributed by atoms with van der Waals surface area (Å²) in [7, 11) is -4.01. The van der Waals surface area contributed by atoms with Crippen molar-refractivity contribution in [1.29, 1.82) is 0 Å². The van der Waals surface area contributed by atoms with Gasteiger partial charge in [-0.1, -0.05) is 103 Å². The van der Waals surface area contributed by atoms with Crippen molar-refractivity contribution in [2.45, 2.75) is 61.5 Å². The van der Waals surface area contributed by atoms with Gasteiger partial charge in [0, 0.05) is 35.3 Å². The van der Waals surface area contributed by atoms with Crippen LogP contribution in [0, 0.1) is 12.8 Å². The third-order valence-corrected chi connectivity index (χ3v) is 11.1. The van der Waals surface area contributed by atoms with Gasteiger partial charge in [-0.2, -0.15) is 4.72 Å². The lowest BCUT2D eigenvalue weighted by molar-refractivity contribution is -0.268. The Bertz CT molecular complexity index is 2000. The van der Waals surface area contributed by atoms with Gasteiger partial charge >= 0.3 is 0 Å². The first-order valence-electron chi connectivity index (χ1n) is 16.6. The molecule has 12 heteroatoms. The molecule has 1 saturated heterocycles. The summed E-state index contributed by atoms with van der Waals surface area (Å²) in [5.41, 5.74) is 4.63. The molecule has 0 bridgehead atoms. The predicted octanol–water partition coefficient (Wildman–Crippen LogP) is 6.39. The zero-order valence-electron chi connectivity index (χ0n) is 28.3. The molecule has 1 aliphatic heterocycles. The van der Waals surface area contributed by atoms with E-state index in [0.717, 1.165) is 22.3 Å². The van der Waals surface area contributed by atoms with Gasteiger partial charge in [0.05, 0.1) is 23.7 Å². The van der Waals surface area contributed by atoms with Gasteiger partial charge in [0.25, 0.3) is 0 Å². The van der Waals surface area contributed by atoms with Crippen LogP contribution in [0.25, 0.3) is 0 Å². The Balaban J connectivity index is 1.24. The minimum absolute atomic E-state index is 0.0411. The van der Waals surface area contributed by atoms with Crippen molar-refractivity contribution in [3.8, 4) is 0 Å². The predicted molar refractivity (Wildman–Crippen MR) is 196 cm³/mol. The normalized spacial score (nSPS) is 19.7. The van der Waals surface area contributed by atoms with Crippen molar-refractivity contribution >= 4 is 33.4 Å². The summed E-state index contributed by atoms with van der Waals surface area (Å²) in [4.78, 5) is 22.6. The molecule has 264 valence electrons. The Morgan fingerprint density at radius 3 is 2.29 bits per heavy atom. The van der Waals surface area contributed by atoms with E-state index in [9.17, 15) is 18.3 Å². The number of aliphatic hydroxyl groups is 1. The van der Waals surface area contributed by atoms with Crippen molar-refractivity contribution in [2.24, 2.45) is 5.92 Å². The summed E-state index contributed by atoms with van der Waals surface area (Å²) >= 11 is 1.50. The molecule has 1 fully saturated rings. The molecule has 0 radical (unpaired) electrons. The van der Waals surface area contributed by atoms with Crippen LogP contribution in [-0.4, -0.2) is 47.3 Å². The molecule has 0 spiro atoms. The molecule has 0 aliphatic carbocycles. The molecule has 1 aliphatic rings. The SMILES string of the molecule is Cc1ccc(S(=O)(=O)N[C@H](Cc2ccccc2)C(=O)Nc2cccc([C@H]3O[C@@H](CSc4ncccn4)[C@@H](C)[C@@H](c4ccc(CO)cc4)O3)c2)cc1. The average molecular weight is 725 g/mol. The minimum atomic E-state index is -4.01. The van der Waals surface area contributed by atoms with Crippen molar-refractivity contribution < 1.29 is 27.8 Å². The lowest BCUT2D eigenvalue weighted by Crippen LogP contribution is -2.45. The van der Waals surface area contributed by atoms with Crippen LogP contribution in [0.2, 0.25) is 0 Å². The molecule has 51 heavy (non-hydrogen) atoms. The highest BCUT2D eigenvalue weighted by Gasteiger charge is 2.38. The van der Waals surface area contributed by atoms with Crippen LogP contribution in [0.4, 0.5) is 5.69 Å². The van der Waals surface area contributed by atoms with Gasteiger partial charge in [0.15, 0.2) is 11.4 Å². The fourth-order valence-corrected chi connectivity index (χ4v) is 7.99. The molecule has 3 N–H and O–H groups in total. The van der Waals surface area contributed by atoms with E-state index >= 15 is 0 Å². The number of carbonyl (C=O) groups is 1. The van der Waals surface area contributed by atoms with Gasteiger partial charge in [0.2, 0.25) is 15.9 Å². The first-order chi connectivity index (χ1) is 24.7. The van der Waals surface area contributed by atoms with E-state index in [1.165, 1.54) is 23.9 Å². The zero-order valence-corrected chi connectivity index (χ0v) is 29.9. The maximum absolute atomic E-state index is 13.8. The molecule has 2 heterocycles. The third-order valence-electron chi connectivity index (χ3n) is 8.70. The summed E-state index contributed by atoms with van der Waals surface area (Å²) < 4.78 is 42.6. The quantitative estimate of drug-likeness (QED) is 0.0932. The Hall–Kier alpha value is -4.43. The Morgan fingerprint density at radius 1 is 0.863 bits per heavy atom. The largest absolute Gasteiger partial charge is 0.392 e. The maximum Gasteiger partial charge on any atom is 0.242 e. The van der Waals surface area contributed by atoms with Gasteiger partial charge in [-0.25, -0.2) is 18.4 Å². The summed E-state index contributed by atoms with van der Waals surface area (Å²) in [6, 6.07) is 31.3. The number of thioether (sulfide) groups is 1. The number of benzene rings is 4. The van der Waals surface area contributed by atoms with Crippen molar-refractivity contribution in [1.82, 2.24) is 14.7 Å². The van der Waals surface area contributed by atoms with Crippen LogP contribution in [0.15, 0.2) is 132 Å². The van der Waals surface area contributed by atoms with E-state index in [1.54, 1.807) is 48.8 Å². The Kier molecular flexibility index (Phi) is 11.9. The van der Waals surface area contributed by atoms with Crippen LogP contribution in [0.5, 0.6) is 0 Å². The molecule has 4 aromatic carbocycles.